The number of rotatable bonds is 5. The highest BCUT2D eigenvalue weighted by Crippen LogP contribution is 2.16. The van der Waals surface area contributed by atoms with E-state index in [1.807, 2.05) is 0 Å². The van der Waals surface area contributed by atoms with Crippen molar-refractivity contribution in [1.29, 1.82) is 0 Å². The second-order valence-corrected chi connectivity index (χ2v) is 5.10. The fourth-order valence-corrected chi connectivity index (χ4v) is 2.25. The first-order valence-corrected chi connectivity index (χ1v) is 7.54. The molecule has 0 saturated heterocycles. The second kappa shape index (κ2) is 6.89. The molecule has 10 nitrogen and oxygen atoms in total. The Kier molecular flexibility index (Phi) is 4.13. The van der Waals surface area contributed by atoms with Crippen LogP contribution in [0.2, 0.25) is 0 Å². The Hall–Kier alpha value is -3.95. The van der Waals surface area contributed by atoms with Gasteiger partial charge in [-0.25, -0.2) is 4.79 Å². The van der Waals surface area contributed by atoms with E-state index < -0.39 is 5.97 Å². The molecule has 0 N–H and O–H groups in total. The first kappa shape index (κ1) is 15.6. The van der Waals surface area contributed by atoms with Gasteiger partial charge in [0.25, 0.3) is 5.89 Å². The largest absolute Gasteiger partial charge is 0.452 e. The van der Waals surface area contributed by atoms with E-state index in [4.69, 9.17) is 9.26 Å². The van der Waals surface area contributed by atoms with Gasteiger partial charge in [0, 0.05) is 18.0 Å². The predicted molar refractivity (Wildman–Crippen MR) is 85.8 cm³/mol. The monoisotopic (exact) mass is 349 g/mol. The third kappa shape index (κ3) is 3.15. The van der Waals surface area contributed by atoms with Gasteiger partial charge < -0.3 is 9.26 Å². The Morgan fingerprint density at radius 2 is 2.12 bits per heavy atom. The second-order valence-electron chi connectivity index (χ2n) is 5.10. The summed E-state index contributed by atoms with van der Waals surface area (Å²) in [7, 11) is 0. The van der Waals surface area contributed by atoms with Gasteiger partial charge in [0.15, 0.2) is 6.61 Å². The first-order valence-electron chi connectivity index (χ1n) is 7.54. The number of aromatic nitrogens is 7. The van der Waals surface area contributed by atoms with Crippen molar-refractivity contribution < 1.29 is 14.1 Å². The summed E-state index contributed by atoms with van der Waals surface area (Å²) in [5.74, 6) is -0.00688. The van der Waals surface area contributed by atoms with Crippen LogP contribution in [0.5, 0.6) is 0 Å². The van der Waals surface area contributed by atoms with Gasteiger partial charge in [-0.3, -0.25) is 4.98 Å². The van der Waals surface area contributed by atoms with Crippen LogP contribution in [0.1, 0.15) is 16.2 Å². The summed E-state index contributed by atoms with van der Waals surface area (Å²) in [6.07, 6.45) is 4.65. The summed E-state index contributed by atoms with van der Waals surface area (Å²) < 4.78 is 11.8. The standard InChI is InChI=1S/C16H11N7O3/c24-16(12-5-1-2-6-13(12)23-10-18-21-22-23)25-9-14-19-15(20-26-14)11-4-3-7-17-8-11/h1-8,10H,9H2. The maximum absolute atomic E-state index is 12.4. The molecule has 0 radical (unpaired) electrons. The zero-order valence-corrected chi connectivity index (χ0v) is 13.3. The highest BCUT2D eigenvalue weighted by atomic mass is 16.6. The number of esters is 1. The lowest BCUT2D eigenvalue weighted by molar-refractivity contribution is 0.0429. The Morgan fingerprint density at radius 1 is 1.19 bits per heavy atom. The summed E-state index contributed by atoms with van der Waals surface area (Å²) in [6, 6.07) is 10.4. The molecule has 0 aliphatic rings. The topological polar surface area (TPSA) is 122 Å². The number of hydrogen-bond acceptors (Lipinski definition) is 9. The van der Waals surface area contributed by atoms with Crippen molar-refractivity contribution in [2.45, 2.75) is 6.61 Å². The van der Waals surface area contributed by atoms with E-state index in [1.54, 1.807) is 48.8 Å². The molecule has 10 heteroatoms. The summed E-state index contributed by atoms with van der Waals surface area (Å²) in [6.45, 7) is -0.157. The van der Waals surface area contributed by atoms with E-state index in [1.165, 1.54) is 11.0 Å². The molecule has 0 atom stereocenters. The summed E-state index contributed by atoms with van der Waals surface area (Å²) in [5, 5.41) is 14.8. The molecule has 1 aromatic carbocycles. The van der Waals surface area contributed by atoms with Crippen molar-refractivity contribution in [3.05, 3.63) is 66.6 Å². The lowest BCUT2D eigenvalue weighted by atomic mass is 10.2. The number of pyridine rings is 1. The molecule has 0 unspecified atom stereocenters. The molecule has 0 bridgehead atoms. The summed E-state index contributed by atoms with van der Waals surface area (Å²) in [4.78, 5) is 20.6. The van der Waals surface area contributed by atoms with Crippen molar-refractivity contribution in [2.75, 3.05) is 0 Å². The number of carbonyl (C=O) groups excluding carboxylic acids is 1. The first-order chi connectivity index (χ1) is 12.8. The summed E-state index contributed by atoms with van der Waals surface area (Å²) >= 11 is 0. The van der Waals surface area contributed by atoms with Crippen molar-refractivity contribution in [3.63, 3.8) is 0 Å². The van der Waals surface area contributed by atoms with Crippen molar-refractivity contribution in [2.24, 2.45) is 0 Å². The van der Waals surface area contributed by atoms with Crippen LogP contribution in [0.15, 0.2) is 59.6 Å². The molecule has 0 saturated carbocycles. The number of para-hydroxylation sites is 1. The molecule has 128 valence electrons. The van der Waals surface area contributed by atoms with Crippen LogP contribution in [0, 0.1) is 0 Å². The predicted octanol–water partition coefficient (Wildman–Crippen LogP) is 1.46. The molecule has 0 fully saturated rings. The average Bonchev–Trinajstić information content (AvgIpc) is 3.39. The molecule has 0 spiro atoms. The van der Waals surface area contributed by atoms with Gasteiger partial charge >= 0.3 is 5.97 Å². The van der Waals surface area contributed by atoms with Crippen LogP contribution in [-0.2, 0) is 11.3 Å². The minimum Gasteiger partial charge on any atom is -0.452 e. The van der Waals surface area contributed by atoms with Gasteiger partial charge in [-0.1, -0.05) is 17.3 Å². The Bertz CT molecular complexity index is 1020. The maximum Gasteiger partial charge on any atom is 0.340 e. The molecule has 0 aliphatic carbocycles. The average molecular weight is 349 g/mol. The number of ether oxygens (including phenoxy) is 1. The molecule has 26 heavy (non-hydrogen) atoms. The van der Waals surface area contributed by atoms with E-state index in [2.05, 4.69) is 30.7 Å². The van der Waals surface area contributed by atoms with Gasteiger partial charge in [-0.15, -0.1) is 5.10 Å². The van der Waals surface area contributed by atoms with E-state index in [9.17, 15) is 4.79 Å². The maximum atomic E-state index is 12.4. The highest BCUT2D eigenvalue weighted by molar-refractivity contribution is 5.93. The molecule has 4 rings (SSSR count). The van der Waals surface area contributed by atoms with Crippen LogP contribution >= 0.6 is 0 Å². The SMILES string of the molecule is O=C(OCc1nc(-c2cccnc2)no1)c1ccccc1-n1cnnn1. The van der Waals surface area contributed by atoms with Gasteiger partial charge in [0.05, 0.1) is 11.3 Å². The molecule has 4 aromatic rings. The quantitative estimate of drug-likeness (QED) is 0.493. The minimum absolute atomic E-state index is 0.157. The van der Waals surface area contributed by atoms with Gasteiger partial charge in [0.1, 0.15) is 6.33 Å². The Morgan fingerprint density at radius 3 is 2.92 bits per heavy atom. The van der Waals surface area contributed by atoms with Crippen LogP contribution in [0.3, 0.4) is 0 Å². The van der Waals surface area contributed by atoms with Gasteiger partial charge in [-0.2, -0.15) is 9.67 Å². The molecule has 0 amide bonds. The number of tetrazole rings is 1. The molecule has 0 aliphatic heterocycles. The number of nitrogens with zero attached hydrogens (tertiary/aromatic N) is 7. The number of benzene rings is 1. The fraction of sp³-hybridized carbons (Fsp3) is 0.0625. The van der Waals surface area contributed by atoms with E-state index in [-0.39, 0.29) is 12.5 Å². The molecule has 3 aromatic heterocycles. The lowest BCUT2D eigenvalue weighted by Gasteiger charge is -2.07. The third-order valence-corrected chi connectivity index (χ3v) is 3.43. The van der Waals surface area contributed by atoms with Crippen molar-refractivity contribution in [3.8, 4) is 17.1 Å². The van der Waals surface area contributed by atoms with E-state index >= 15 is 0 Å². The smallest absolute Gasteiger partial charge is 0.340 e. The zero-order chi connectivity index (χ0) is 17.8. The third-order valence-electron chi connectivity index (χ3n) is 3.43. The van der Waals surface area contributed by atoms with Crippen molar-refractivity contribution in [1.82, 2.24) is 35.3 Å². The normalized spacial score (nSPS) is 10.6. The van der Waals surface area contributed by atoms with Crippen LogP contribution in [0.4, 0.5) is 0 Å². The number of hydrogen-bond donors (Lipinski definition) is 0. The minimum atomic E-state index is -0.558. The fourth-order valence-electron chi connectivity index (χ4n) is 2.25. The highest BCUT2D eigenvalue weighted by Gasteiger charge is 2.16. The molecular formula is C16H11N7O3. The van der Waals surface area contributed by atoms with E-state index in [0.29, 0.717) is 22.6 Å². The lowest BCUT2D eigenvalue weighted by Crippen LogP contribution is -2.10. The molecular weight excluding hydrogens is 338 g/mol. The van der Waals surface area contributed by atoms with Crippen LogP contribution in [0.25, 0.3) is 17.1 Å². The zero-order valence-electron chi connectivity index (χ0n) is 13.3. The summed E-state index contributed by atoms with van der Waals surface area (Å²) in [5.41, 5.74) is 1.52. The van der Waals surface area contributed by atoms with Crippen LogP contribution < -0.4 is 0 Å². The van der Waals surface area contributed by atoms with Crippen LogP contribution in [-0.4, -0.2) is 41.3 Å². The van der Waals surface area contributed by atoms with Gasteiger partial charge in [-0.05, 0) is 34.7 Å². The van der Waals surface area contributed by atoms with E-state index in [0.717, 1.165) is 0 Å². The van der Waals surface area contributed by atoms with Crippen molar-refractivity contribution >= 4 is 5.97 Å². The van der Waals surface area contributed by atoms with Gasteiger partial charge in [0.2, 0.25) is 5.82 Å². The Balaban J connectivity index is 1.48. The Labute approximate surface area is 146 Å². The number of carbonyl (C=O) groups is 1. The molecule has 3 heterocycles.